The van der Waals surface area contributed by atoms with E-state index in [9.17, 15) is 21.6 Å². The molecule has 4 rings (SSSR count). The predicted octanol–water partition coefficient (Wildman–Crippen LogP) is 2.83. The fraction of sp³-hybridized carbons (Fsp3) is 0.435. The zero-order chi connectivity index (χ0) is 23.5. The molecule has 0 aromatic heterocycles. The van der Waals surface area contributed by atoms with Gasteiger partial charge in [-0.3, -0.25) is 4.79 Å². The minimum absolute atomic E-state index is 0.0488. The van der Waals surface area contributed by atoms with Crippen LogP contribution in [0.3, 0.4) is 0 Å². The van der Waals surface area contributed by atoms with Gasteiger partial charge in [-0.1, -0.05) is 24.6 Å². The molecule has 1 N–H and O–H groups in total. The molecule has 2 saturated heterocycles. The Labute approximate surface area is 195 Å². The van der Waals surface area contributed by atoms with Crippen molar-refractivity contribution in [2.75, 3.05) is 31.5 Å². The van der Waals surface area contributed by atoms with Crippen molar-refractivity contribution in [3.8, 4) is 0 Å². The van der Waals surface area contributed by atoms with Crippen molar-refractivity contribution in [2.45, 2.75) is 48.3 Å². The number of piperidine rings is 1. The zero-order valence-electron chi connectivity index (χ0n) is 18.4. The van der Waals surface area contributed by atoms with Gasteiger partial charge >= 0.3 is 0 Å². The monoisotopic (exact) mass is 491 g/mol. The molecule has 0 spiro atoms. The lowest BCUT2D eigenvalue weighted by atomic mass is 10.1. The minimum atomic E-state index is -3.56. The number of nitrogens with one attached hydrogen (secondary N) is 1. The maximum atomic E-state index is 12.8. The van der Waals surface area contributed by atoms with Crippen LogP contribution in [0.2, 0.25) is 0 Å². The molecule has 0 aliphatic carbocycles. The molecule has 0 saturated carbocycles. The lowest BCUT2D eigenvalue weighted by Gasteiger charge is -2.25. The second kappa shape index (κ2) is 9.92. The highest BCUT2D eigenvalue weighted by Gasteiger charge is 2.28. The smallest absolute Gasteiger partial charge is 0.243 e. The predicted molar refractivity (Wildman–Crippen MR) is 126 cm³/mol. The summed E-state index contributed by atoms with van der Waals surface area (Å²) in [6, 6.07) is 12.6. The minimum Gasteiger partial charge on any atom is -0.326 e. The second-order valence-corrected chi connectivity index (χ2v) is 12.3. The number of amides is 1. The number of sulfonamides is 2. The van der Waals surface area contributed by atoms with E-state index in [1.54, 1.807) is 24.3 Å². The van der Waals surface area contributed by atoms with Gasteiger partial charge in [-0.25, -0.2) is 16.8 Å². The molecule has 33 heavy (non-hydrogen) atoms. The Morgan fingerprint density at radius 2 is 1.27 bits per heavy atom. The Balaban J connectivity index is 1.40. The molecule has 0 radical (unpaired) electrons. The van der Waals surface area contributed by atoms with Gasteiger partial charge in [0.1, 0.15) is 0 Å². The number of anilines is 1. The van der Waals surface area contributed by atoms with Crippen molar-refractivity contribution in [3.05, 3.63) is 54.1 Å². The van der Waals surface area contributed by atoms with E-state index >= 15 is 0 Å². The summed E-state index contributed by atoms with van der Waals surface area (Å²) >= 11 is 0. The SMILES string of the molecule is O=C(Cc1ccc(S(=O)(=O)N2CCCCC2)cc1)Nc1cccc(S(=O)(=O)N2CCCC2)c1. The molecular weight excluding hydrogens is 462 g/mol. The van der Waals surface area contributed by atoms with Gasteiger partial charge in [0.25, 0.3) is 0 Å². The molecule has 178 valence electrons. The Morgan fingerprint density at radius 1 is 0.727 bits per heavy atom. The topological polar surface area (TPSA) is 104 Å². The number of nitrogens with zero attached hydrogens (tertiary/aromatic N) is 2. The zero-order valence-corrected chi connectivity index (χ0v) is 20.1. The quantitative estimate of drug-likeness (QED) is 0.641. The molecule has 2 aliphatic heterocycles. The number of rotatable bonds is 7. The summed E-state index contributed by atoms with van der Waals surface area (Å²) in [7, 11) is -7.07. The van der Waals surface area contributed by atoms with Crippen molar-refractivity contribution >= 4 is 31.6 Å². The van der Waals surface area contributed by atoms with Gasteiger partial charge in [-0.2, -0.15) is 8.61 Å². The Morgan fingerprint density at radius 3 is 1.88 bits per heavy atom. The highest BCUT2D eigenvalue weighted by molar-refractivity contribution is 7.89. The highest BCUT2D eigenvalue weighted by Crippen LogP contribution is 2.24. The fourth-order valence-corrected chi connectivity index (χ4v) is 7.32. The first-order valence-electron chi connectivity index (χ1n) is 11.3. The van der Waals surface area contributed by atoms with Crippen LogP contribution >= 0.6 is 0 Å². The largest absolute Gasteiger partial charge is 0.326 e. The summed E-state index contributed by atoms with van der Waals surface area (Å²) in [4.78, 5) is 12.9. The van der Waals surface area contributed by atoms with Crippen LogP contribution in [0.15, 0.2) is 58.3 Å². The Bertz CT molecular complexity index is 1200. The standard InChI is InChI=1S/C23H29N3O5S2/c27-23(24-20-7-6-8-22(18-20)33(30,31)26-15-4-5-16-26)17-19-9-11-21(12-10-19)32(28,29)25-13-2-1-3-14-25/h6-12,18H,1-5,13-17H2,(H,24,27). The first-order chi connectivity index (χ1) is 15.8. The van der Waals surface area contributed by atoms with Gasteiger partial charge < -0.3 is 5.32 Å². The molecule has 2 aromatic rings. The second-order valence-electron chi connectivity index (χ2n) is 8.47. The maximum Gasteiger partial charge on any atom is 0.243 e. The third-order valence-corrected chi connectivity index (χ3v) is 9.87. The van der Waals surface area contributed by atoms with E-state index in [-0.39, 0.29) is 22.1 Å². The lowest BCUT2D eigenvalue weighted by Crippen LogP contribution is -2.35. The fourth-order valence-electron chi connectivity index (χ4n) is 4.24. The van der Waals surface area contributed by atoms with Crippen molar-refractivity contribution in [1.29, 1.82) is 0 Å². The van der Waals surface area contributed by atoms with Crippen LogP contribution in [0.5, 0.6) is 0 Å². The van der Waals surface area contributed by atoms with E-state index < -0.39 is 20.0 Å². The van der Waals surface area contributed by atoms with Crippen LogP contribution in [0.25, 0.3) is 0 Å². The Kier molecular flexibility index (Phi) is 7.18. The van der Waals surface area contributed by atoms with Crippen molar-refractivity contribution in [1.82, 2.24) is 8.61 Å². The molecule has 10 heteroatoms. The van der Waals surface area contributed by atoms with Crippen LogP contribution in [-0.2, 0) is 31.3 Å². The normalized spacial score (nSPS) is 18.3. The average Bonchev–Trinajstić information content (AvgIpc) is 3.36. The highest BCUT2D eigenvalue weighted by atomic mass is 32.2. The lowest BCUT2D eigenvalue weighted by molar-refractivity contribution is -0.115. The first kappa shape index (κ1) is 23.9. The first-order valence-corrected chi connectivity index (χ1v) is 14.1. The van der Waals surface area contributed by atoms with Crippen LogP contribution in [0, 0.1) is 0 Å². The average molecular weight is 492 g/mol. The molecule has 0 bridgehead atoms. The summed E-state index contributed by atoms with van der Waals surface area (Å²) in [5, 5.41) is 2.74. The number of benzene rings is 2. The van der Waals surface area contributed by atoms with E-state index in [0.717, 1.165) is 32.1 Å². The van der Waals surface area contributed by atoms with Crippen LogP contribution in [-0.4, -0.2) is 57.5 Å². The molecule has 1 amide bonds. The molecule has 0 atom stereocenters. The molecule has 2 heterocycles. The molecule has 0 unspecified atom stereocenters. The van der Waals surface area contributed by atoms with Gasteiger partial charge in [0.15, 0.2) is 0 Å². The van der Waals surface area contributed by atoms with Crippen molar-refractivity contribution in [2.24, 2.45) is 0 Å². The van der Waals surface area contributed by atoms with Gasteiger partial charge in [0.05, 0.1) is 16.2 Å². The molecule has 8 nitrogen and oxygen atoms in total. The number of hydrogen-bond donors (Lipinski definition) is 1. The number of hydrogen-bond acceptors (Lipinski definition) is 5. The van der Waals surface area contributed by atoms with Crippen LogP contribution in [0.1, 0.15) is 37.7 Å². The maximum absolute atomic E-state index is 12.8. The van der Waals surface area contributed by atoms with Crippen LogP contribution < -0.4 is 5.32 Å². The van der Waals surface area contributed by atoms with E-state index in [2.05, 4.69) is 5.32 Å². The molecule has 2 aromatic carbocycles. The summed E-state index contributed by atoms with van der Waals surface area (Å²) in [5.41, 5.74) is 1.08. The third-order valence-electron chi connectivity index (χ3n) is 6.06. The molecule has 2 aliphatic rings. The van der Waals surface area contributed by atoms with Gasteiger partial charge in [-0.15, -0.1) is 0 Å². The van der Waals surface area contributed by atoms with Gasteiger partial charge in [0, 0.05) is 31.9 Å². The van der Waals surface area contributed by atoms with Crippen molar-refractivity contribution < 1.29 is 21.6 Å². The molecule has 2 fully saturated rings. The third kappa shape index (κ3) is 5.46. The number of carbonyl (C=O) groups is 1. The summed E-state index contributed by atoms with van der Waals surface area (Å²) < 4.78 is 54.0. The number of carbonyl (C=O) groups excluding carboxylic acids is 1. The van der Waals surface area contributed by atoms with Gasteiger partial charge in [-0.05, 0) is 61.6 Å². The van der Waals surface area contributed by atoms with E-state index in [0.29, 0.717) is 37.4 Å². The summed E-state index contributed by atoms with van der Waals surface area (Å²) in [6.07, 6.45) is 4.55. The Hall–Kier alpha value is -2.27. The van der Waals surface area contributed by atoms with Crippen molar-refractivity contribution in [3.63, 3.8) is 0 Å². The van der Waals surface area contributed by atoms with E-state index in [1.807, 2.05) is 0 Å². The van der Waals surface area contributed by atoms with Gasteiger partial charge in [0.2, 0.25) is 26.0 Å². The summed E-state index contributed by atoms with van der Waals surface area (Å²) in [6.45, 7) is 2.11. The van der Waals surface area contributed by atoms with Crippen LogP contribution in [0.4, 0.5) is 5.69 Å². The molecular formula is C23H29N3O5S2. The van der Waals surface area contributed by atoms with E-state index in [1.165, 1.54) is 32.9 Å². The summed E-state index contributed by atoms with van der Waals surface area (Å²) in [5.74, 6) is -0.308. The van der Waals surface area contributed by atoms with E-state index in [4.69, 9.17) is 0 Å².